The number of hydrogen-bond acceptors (Lipinski definition) is 4. The first-order valence-corrected chi connectivity index (χ1v) is 4.55. The van der Waals surface area contributed by atoms with Crippen molar-refractivity contribution >= 4 is 5.97 Å². The van der Waals surface area contributed by atoms with Gasteiger partial charge in [0.05, 0.1) is 31.8 Å². The minimum absolute atomic E-state index is 0.234. The van der Waals surface area contributed by atoms with E-state index in [1.807, 2.05) is 6.07 Å². The monoisotopic (exact) mass is 221 g/mol. The summed E-state index contributed by atoms with van der Waals surface area (Å²) in [4.78, 5) is 10.6. The Hall–Kier alpha value is -2.06. The molecule has 0 atom stereocenters. The van der Waals surface area contributed by atoms with Crippen molar-refractivity contribution < 1.29 is 19.7 Å². The van der Waals surface area contributed by atoms with Crippen molar-refractivity contribution in [3.05, 3.63) is 28.8 Å². The van der Waals surface area contributed by atoms with Crippen LogP contribution in [-0.4, -0.2) is 23.3 Å². The lowest BCUT2D eigenvalue weighted by Crippen LogP contribution is -2.06. The molecule has 0 aliphatic heterocycles. The largest absolute Gasteiger partial charge is 0.497 e. The molecule has 0 aromatic heterocycles. The van der Waals surface area contributed by atoms with E-state index in [-0.39, 0.29) is 18.6 Å². The highest BCUT2D eigenvalue weighted by Crippen LogP contribution is 2.23. The first-order valence-electron chi connectivity index (χ1n) is 4.55. The second-order valence-corrected chi connectivity index (χ2v) is 3.15. The zero-order valence-corrected chi connectivity index (χ0v) is 8.73. The lowest BCUT2D eigenvalue weighted by atomic mass is 9.99. The van der Waals surface area contributed by atoms with Crippen molar-refractivity contribution in [2.24, 2.45) is 0 Å². The van der Waals surface area contributed by atoms with Gasteiger partial charge in [-0.3, -0.25) is 4.79 Å². The highest BCUT2D eigenvalue weighted by Gasteiger charge is 2.13. The van der Waals surface area contributed by atoms with Gasteiger partial charge in [-0.1, -0.05) is 0 Å². The molecule has 5 nitrogen and oxygen atoms in total. The number of carboxylic acid groups (broad SMARTS) is 1. The van der Waals surface area contributed by atoms with Crippen molar-refractivity contribution in [1.82, 2.24) is 0 Å². The van der Waals surface area contributed by atoms with E-state index in [9.17, 15) is 4.79 Å². The molecule has 0 aliphatic carbocycles. The predicted octanol–water partition coefficient (Wildman–Crippen LogP) is 0.686. The minimum Gasteiger partial charge on any atom is -0.497 e. The van der Waals surface area contributed by atoms with E-state index in [0.29, 0.717) is 16.9 Å². The molecule has 2 N–H and O–H groups in total. The molecular weight excluding hydrogens is 210 g/mol. The number of benzene rings is 1. The van der Waals surface area contributed by atoms with Crippen molar-refractivity contribution in [2.75, 3.05) is 7.11 Å². The summed E-state index contributed by atoms with van der Waals surface area (Å²) in [6, 6.07) is 4.89. The van der Waals surface area contributed by atoms with Gasteiger partial charge in [0.2, 0.25) is 0 Å². The Morgan fingerprint density at radius 1 is 1.56 bits per heavy atom. The molecule has 16 heavy (non-hydrogen) atoms. The first kappa shape index (κ1) is 12.0. The average molecular weight is 221 g/mol. The van der Waals surface area contributed by atoms with Crippen molar-refractivity contribution in [3.8, 4) is 11.8 Å². The van der Waals surface area contributed by atoms with Crippen molar-refractivity contribution in [3.63, 3.8) is 0 Å². The normalized spacial score (nSPS) is 9.56. The number of aliphatic carboxylic acids is 1. The molecule has 5 heteroatoms. The van der Waals surface area contributed by atoms with Crippen LogP contribution in [0.2, 0.25) is 0 Å². The summed E-state index contributed by atoms with van der Waals surface area (Å²) in [6.45, 7) is -0.366. The molecule has 0 amide bonds. The minimum atomic E-state index is -1.02. The number of nitriles is 1. The third-order valence-electron chi connectivity index (χ3n) is 2.17. The zero-order valence-electron chi connectivity index (χ0n) is 8.73. The van der Waals surface area contributed by atoms with Gasteiger partial charge in [-0.2, -0.15) is 5.26 Å². The van der Waals surface area contributed by atoms with Crippen LogP contribution < -0.4 is 4.74 Å². The second-order valence-electron chi connectivity index (χ2n) is 3.15. The Morgan fingerprint density at radius 2 is 2.25 bits per heavy atom. The fourth-order valence-corrected chi connectivity index (χ4v) is 1.43. The number of methoxy groups -OCH3 is 1. The topological polar surface area (TPSA) is 90.5 Å². The van der Waals surface area contributed by atoms with E-state index in [0.717, 1.165) is 0 Å². The summed E-state index contributed by atoms with van der Waals surface area (Å²) in [5.74, 6) is -0.614. The fourth-order valence-electron chi connectivity index (χ4n) is 1.43. The molecule has 0 aliphatic rings. The van der Waals surface area contributed by atoms with Gasteiger partial charge in [0.1, 0.15) is 5.75 Å². The van der Waals surface area contributed by atoms with E-state index < -0.39 is 5.97 Å². The first-order chi connectivity index (χ1) is 7.62. The number of nitrogens with zero attached hydrogens (tertiary/aromatic N) is 1. The third-order valence-corrected chi connectivity index (χ3v) is 2.17. The van der Waals surface area contributed by atoms with Crippen LogP contribution in [0.1, 0.15) is 16.7 Å². The number of ether oxygens (including phenoxy) is 1. The summed E-state index contributed by atoms with van der Waals surface area (Å²) in [7, 11) is 1.43. The van der Waals surface area contributed by atoms with Gasteiger partial charge in [-0.05, 0) is 23.3 Å². The zero-order chi connectivity index (χ0) is 12.1. The summed E-state index contributed by atoms with van der Waals surface area (Å²) >= 11 is 0. The van der Waals surface area contributed by atoms with Gasteiger partial charge in [0.15, 0.2) is 0 Å². The van der Waals surface area contributed by atoms with Crippen LogP contribution in [0.4, 0.5) is 0 Å². The molecule has 0 spiro atoms. The molecular formula is C11H11NO4. The third kappa shape index (κ3) is 2.49. The Bertz CT molecular complexity index is 448. The van der Waals surface area contributed by atoms with Crippen molar-refractivity contribution in [1.29, 1.82) is 5.26 Å². The number of carbonyl (C=O) groups is 1. The molecule has 0 radical (unpaired) electrons. The summed E-state index contributed by atoms with van der Waals surface area (Å²) in [6.07, 6.45) is -0.248. The quantitative estimate of drug-likeness (QED) is 0.780. The number of rotatable bonds is 4. The Balaban J connectivity index is 3.32. The number of aliphatic hydroxyl groups excluding tert-OH is 1. The molecule has 0 unspecified atom stereocenters. The highest BCUT2D eigenvalue weighted by atomic mass is 16.5. The van der Waals surface area contributed by atoms with Gasteiger partial charge >= 0.3 is 5.97 Å². The number of carboxylic acids is 1. The molecule has 1 aromatic carbocycles. The highest BCUT2D eigenvalue weighted by molar-refractivity contribution is 5.71. The molecule has 1 aromatic rings. The van der Waals surface area contributed by atoms with E-state index in [2.05, 4.69) is 0 Å². The SMILES string of the molecule is COc1cc(C#N)c(CO)c(CC(=O)O)c1. The molecule has 1 rings (SSSR count). The molecule has 0 saturated heterocycles. The smallest absolute Gasteiger partial charge is 0.307 e. The van der Waals surface area contributed by atoms with Crippen LogP contribution in [0.5, 0.6) is 5.75 Å². The number of aliphatic hydroxyl groups is 1. The second kappa shape index (κ2) is 5.14. The van der Waals surface area contributed by atoms with Gasteiger partial charge in [0.25, 0.3) is 0 Å². The maximum Gasteiger partial charge on any atom is 0.307 e. The maximum absolute atomic E-state index is 10.6. The Morgan fingerprint density at radius 3 is 2.69 bits per heavy atom. The van der Waals surface area contributed by atoms with Gasteiger partial charge < -0.3 is 14.9 Å². The van der Waals surface area contributed by atoms with Crippen LogP contribution in [0.3, 0.4) is 0 Å². The fraction of sp³-hybridized carbons (Fsp3) is 0.273. The summed E-state index contributed by atoms with van der Waals surface area (Å²) in [5, 5.41) is 26.7. The molecule has 84 valence electrons. The van der Waals surface area contributed by atoms with Crippen LogP contribution in [-0.2, 0) is 17.8 Å². The van der Waals surface area contributed by atoms with Crippen LogP contribution in [0.15, 0.2) is 12.1 Å². The summed E-state index contributed by atoms with van der Waals surface area (Å²) in [5.41, 5.74) is 0.967. The lowest BCUT2D eigenvalue weighted by molar-refractivity contribution is -0.136. The van der Waals surface area contributed by atoms with Crippen molar-refractivity contribution in [2.45, 2.75) is 13.0 Å². The number of hydrogen-bond donors (Lipinski definition) is 2. The van der Waals surface area contributed by atoms with Crippen LogP contribution in [0, 0.1) is 11.3 Å². The van der Waals surface area contributed by atoms with Crippen LogP contribution >= 0.6 is 0 Å². The predicted molar refractivity (Wildman–Crippen MR) is 55.0 cm³/mol. The van der Waals surface area contributed by atoms with Crippen LogP contribution in [0.25, 0.3) is 0 Å². The molecule has 0 fully saturated rings. The molecule has 0 saturated carbocycles. The standard InChI is InChI=1S/C11H11NO4/c1-16-9-2-7(4-11(14)15)10(6-13)8(3-9)5-12/h2-3,13H,4,6H2,1H3,(H,14,15). The van der Waals surface area contributed by atoms with E-state index in [1.165, 1.54) is 19.2 Å². The average Bonchev–Trinajstić information content (AvgIpc) is 2.27. The van der Waals surface area contributed by atoms with Gasteiger partial charge in [-0.25, -0.2) is 0 Å². The van der Waals surface area contributed by atoms with E-state index >= 15 is 0 Å². The molecule has 0 bridgehead atoms. The maximum atomic E-state index is 10.6. The lowest BCUT2D eigenvalue weighted by Gasteiger charge is -2.10. The summed E-state index contributed by atoms with van der Waals surface area (Å²) < 4.78 is 4.95. The Labute approximate surface area is 92.5 Å². The Kier molecular flexibility index (Phi) is 3.86. The molecule has 0 heterocycles. The van der Waals surface area contributed by atoms with E-state index in [1.54, 1.807) is 0 Å². The van der Waals surface area contributed by atoms with Gasteiger partial charge in [-0.15, -0.1) is 0 Å². The van der Waals surface area contributed by atoms with Gasteiger partial charge in [0, 0.05) is 0 Å². The van der Waals surface area contributed by atoms with E-state index in [4.69, 9.17) is 20.2 Å².